The molecule has 1 saturated heterocycles. The Kier molecular flexibility index (Phi) is 4.01. The second-order valence-electron chi connectivity index (χ2n) is 5.15. The monoisotopic (exact) mass is 235 g/mol. The van der Waals surface area contributed by atoms with Crippen LogP contribution in [-0.2, 0) is 4.79 Å². The minimum atomic E-state index is -0.0290. The SMILES string of the molecule is CC(C#N)N1CCN(C(=O)C2CCCC2)CC1. The van der Waals surface area contributed by atoms with Crippen molar-refractivity contribution in [3.8, 4) is 6.07 Å². The van der Waals surface area contributed by atoms with Crippen molar-refractivity contribution in [1.29, 1.82) is 5.26 Å². The van der Waals surface area contributed by atoms with Gasteiger partial charge in [-0.25, -0.2) is 0 Å². The van der Waals surface area contributed by atoms with Crippen LogP contribution in [0.3, 0.4) is 0 Å². The largest absolute Gasteiger partial charge is 0.340 e. The lowest BCUT2D eigenvalue weighted by atomic mass is 10.1. The third-order valence-electron chi connectivity index (χ3n) is 4.06. The van der Waals surface area contributed by atoms with Gasteiger partial charge in [-0.3, -0.25) is 9.69 Å². The maximum absolute atomic E-state index is 12.2. The summed E-state index contributed by atoms with van der Waals surface area (Å²) in [6, 6.07) is 2.23. The third kappa shape index (κ3) is 2.78. The Morgan fingerprint density at radius 3 is 2.35 bits per heavy atom. The van der Waals surface area contributed by atoms with E-state index in [0.29, 0.717) is 5.91 Å². The van der Waals surface area contributed by atoms with Crippen LogP contribution in [0.5, 0.6) is 0 Å². The van der Waals surface area contributed by atoms with Gasteiger partial charge in [0.1, 0.15) is 0 Å². The number of hydrogen-bond donors (Lipinski definition) is 0. The van der Waals surface area contributed by atoms with E-state index >= 15 is 0 Å². The highest BCUT2D eigenvalue weighted by atomic mass is 16.2. The average molecular weight is 235 g/mol. The number of carbonyl (C=O) groups excluding carboxylic acids is 1. The van der Waals surface area contributed by atoms with E-state index in [0.717, 1.165) is 39.0 Å². The predicted octanol–water partition coefficient (Wildman–Crippen LogP) is 1.23. The zero-order chi connectivity index (χ0) is 12.3. The molecule has 1 aliphatic heterocycles. The van der Waals surface area contributed by atoms with Crippen molar-refractivity contribution >= 4 is 5.91 Å². The van der Waals surface area contributed by atoms with Crippen molar-refractivity contribution in [3.05, 3.63) is 0 Å². The molecule has 1 atom stereocenters. The molecule has 1 aliphatic carbocycles. The first kappa shape index (κ1) is 12.4. The Morgan fingerprint density at radius 1 is 1.24 bits per heavy atom. The maximum Gasteiger partial charge on any atom is 0.225 e. The first-order valence-electron chi connectivity index (χ1n) is 6.65. The summed E-state index contributed by atoms with van der Waals surface area (Å²) in [5.41, 5.74) is 0. The first-order chi connectivity index (χ1) is 8.22. The van der Waals surface area contributed by atoms with E-state index in [9.17, 15) is 4.79 Å². The zero-order valence-electron chi connectivity index (χ0n) is 10.6. The van der Waals surface area contributed by atoms with Gasteiger partial charge >= 0.3 is 0 Å². The van der Waals surface area contributed by atoms with Gasteiger partial charge in [-0.05, 0) is 19.8 Å². The van der Waals surface area contributed by atoms with Crippen molar-refractivity contribution in [1.82, 2.24) is 9.80 Å². The van der Waals surface area contributed by atoms with E-state index in [1.807, 2.05) is 11.8 Å². The summed E-state index contributed by atoms with van der Waals surface area (Å²) in [5, 5.41) is 8.86. The maximum atomic E-state index is 12.2. The highest BCUT2D eigenvalue weighted by molar-refractivity contribution is 5.79. The summed E-state index contributed by atoms with van der Waals surface area (Å²) in [7, 11) is 0. The van der Waals surface area contributed by atoms with Crippen LogP contribution in [0.4, 0.5) is 0 Å². The molecule has 2 rings (SSSR count). The Labute approximate surface area is 103 Å². The molecule has 0 spiro atoms. The van der Waals surface area contributed by atoms with Crippen LogP contribution in [0.25, 0.3) is 0 Å². The summed E-state index contributed by atoms with van der Waals surface area (Å²) in [6.07, 6.45) is 4.57. The van der Waals surface area contributed by atoms with Gasteiger partial charge in [-0.15, -0.1) is 0 Å². The molecule has 0 aromatic rings. The van der Waals surface area contributed by atoms with E-state index in [-0.39, 0.29) is 12.0 Å². The minimum absolute atomic E-state index is 0.0290. The Bertz CT molecular complexity index is 309. The van der Waals surface area contributed by atoms with Gasteiger partial charge in [0.25, 0.3) is 0 Å². The predicted molar refractivity (Wildman–Crippen MR) is 65.2 cm³/mol. The molecule has 2 fully saturated rings. The fraction of sp³-hybridized carbons (Fsp3) is 0.846. The molecule has 1 saturated carbocycles. The van der Waals surface area contributed by atoms with Gasteiger partial charge in [0.05, 0.1) is 12.1 Å². The van der Waals surface area contributed by atoms with E-state index in [1.54, 1.807) is 0 Å². The highest BCUT2D eigenvalue weighted by Gasteiger charge is 2.30. The summed E-state index contributed by atoms with van der Waals surface area (Å²) < 4.78 is 0. The van der Waals surface area contributed by atoms with Crippen LogP contribution in [0.15, 0.2) is 0 Å². The number of hydrogen-bond acceptors (Lipinski definition) is 3. The van der Waals surface area contributed by atoms with Gasteiger partial charge in [-0.2, -0.15) is 5.26 Å². The fourth-order valence-electron chi connectivity index (χ4n) is 2.84. The van der Waals surface area contributed by atoms with Gasteiger partial charge < -0.3 is 4.90 Å². The van der Waals surface area contributed by atoms with Crippen molar-refractivity contribution in [2.45, 2.75) is 38.6 Å². The van der Waals surface area contributed by atoms with Gasteiger partial charge in [0, 0.05) is 32.1 Å². The number of nitrogens with zero attached hydrogens (tertiary/aromatic N) is 3. The summed E-state index contributed by atoms with van der Waals surface area (Å²) in [4.78, 5) is 16.3. The van der Waals surface area contributed by atoms with E-state index in [4.69, 9.17) is 5.26 Å². The molecular formula is C13H21N3O. The zero-order valence-corrected chi connectivity index (χ0v) is 10.6. The van der Waals surface area contributed by atoms with Gasteiger partial charge in [-0.1, -0.05) is 12.8 Å². The lowest BCUT2D eigenvalue weighted by molar-refractivity contribution is -0.137. The van der Waals surface area contributed by atoms with Crippen molar-refractivity contribution in [2.75, 3.05) is 26.2 Å². The number of rotatable bonds is 2. The van der Waals surface area contributed by atoms with E-state index in [1.165, 1.54) is 12.8 Å². The van der Waals surface area contributed by atoms with E-state index < -0.39 is 0 Å². The average Bonchev–Trinajstić information content (AvgIpc) is 2.91. The number of nitriles is 1. The normalized spacial score (nSPS) is 24.6. The molecule has 1 heterocycles. The molecule has 1 amide bonds. The molecule has 0 aromatic carbocycles. The highest BCUT2D eigenvalue weighted by Crippen LogP contribution is 2.26. The van der Waals surface area contributed by atoms with Crippen LogP contribution in [0, 0.1) is 17.2 Å². The molecule has 1 unspecified atom stereocenters. The number of carbonyl (C=O) groups is 1. The van der Waals surface area contributed by atoms with Crippen molar-refractivity contribution in [3.63, 3.8) is 0 Å². The molecule has 4 heteroatoms. The summed E-state index contributed by atoms with van der Waals surface area (Å²) in [6.45, 7) is 5.19. The van der Waals surface area contributed by atoms with Gasteiger partial charge in [0.15, 0.2) is 0 Å². The Hall–Kier alpha value is -1.08. The molecule has 0 radical (unpaired) electrons. The third-order valence-corrected chi connectivity index (χ3v) is 4.06. The van der Waals surface area contributed by atoms with Crippen LogP contribution >= 0.6 is 0 Å². The lowest BCUT2D eigenvalue weighted by Crippen LogP contribution is -2.52. The summed E-state index contributed by atoms with van der Waals surface area (Å²) in [5.74, 6) is 0.640. The number of amides is 1. The summed E-state index contributed by atoms with van der Waals surface area (Å²) >= 11 is 0. The van der Waals surface area contributed by atoms with Crippen LogP contribution in [-0.4, -0.2) is 47.9 Å². The molecule has 17 heavy (non-hydrogen) atoms. The standard InChI is InChI=1S/C13H21N3O/c1-11(10-14)15-6-8-16(9-7-15)13(17)12-4-2-3-5-12/h11-12H,2-9H2,1H3. The molecular weight excluding hydrogens is 214 g/mol. The second kappa shape index (κ2) is 5.50. The Morgan fingerprint density at radius 2 is 1.82 bits per heavy atom. The smallest absolute Gasteiger partial charge is 0.225 e. The number of piperazine rings is 1. The second-order valence-corrected chi connectivity index (χ2v) is 5.15. The molecule has 0 aromatic heterocycles. The topological polar surface area (TPSA) is 47.3 Å². The van der Waals surface area contributed by atoms with E-state index in [2.05, 4.69) is 11.0 Å². The molecule has 4 nitrogen and oxygen atoms in total. The van der Waals surface area contributed by atoms with Crippen LogP contribution in [0.2, 0.25) is 0 Å². The Balaban J connectivity index is 1.82. The molecule has 94 valence electrons. The van der Waals surface area contributed by atoms with Crippen molar-refractivity contribution < 1.29 is 4.79 Å². The molecule has 0 bridgehead atoms. The molecule has 2 aliphatic rings. The lowest BCUT2D eigenvalue weighted by Gasteiger charge is -2.37. The molecule has 0 N–H and O–H groups in total. The first-order valence-corrected chi connectivity index (χ1v) is 6.65. The quantitative estimate of drug-likeness (QED) is 0.723. The van der Waals surface area contributed by atoms with Crippen LogP contribution < -0.4 is 0 Å². The van der Waals surface area contributed by atoms with Crippen molar-refractivity contribution in [2.24, 2.45) is 5.92 Å². The van der Waals surface area contributed by atoms with Gasteiger partial charge in [0.2, 0.25) is 5.91 Å². The minimum Gasteiger partial charge on any atom is -0.340 e. The fourth-order valence-corrected chi connectivity index (χ4v) is 2.84. The van der Waals surface area contributed by atoms with Crippen LogP contribution in [0.1, 0.15) is 32.6 Å².